The van der Waals surface area contributed by atoms with E-state index in [1.54, 1.807) is 37.4 Å². The number of hydrogen-bond donors (Lipinski definition) is 1. The second-order valence-electron chi connectivity index (χ2n) is 10.5. The highest BCUT2D eigenvalue weighted by Gasteiger charge is 2.35. The first-order chi connectivity index (χ1) is 18.7. The molecule has 39 heavy (non-hydrogen) atoms. The average molecular weight is 539 g/mol. The van der Waals surface area contributed by atoms with Gasteiger partial charge in [0.1, 0.15) is 18.2 Å². The minimum Gasteiger partial charge on any atom is -0.497 e. The molecule has 0 saturated heterocycles. The van der Waals surface area contributed by atoms with Crippen molar-refractivity contribution in [3.05, 3.63) is 82.9 Å². The lowest BCUT2D eigenvalue weighted by atomic mass is 9.65. The second-order valence-corrected chi connectivity index (χ2v) is 10.5. The van der Waals surface area contributed by atoms with Crippen molar-refractivity contribution in [2.24, 2.45) is 5.41 Å². The molecule has 4 rings (SSSR count). The van der Waals surface area contributed by atoms with Crippen molar-refractivity contribution < 1.29 is 28.2 Å². The smallest absolute Gasteiger partial charge is 0.303 e. The average Bonchev–Trinajstić information content (AvgIpc) is 2.93. The van der Waals surface area contributed by atoms with Crippen LogP contribution in [-0.2, 0) is 17.8 Å². The predicted octanol–water partition coefficient (Wildman–Crippen LogP) is 8.95. The Kier molecular flexibility index (Phi) is 10.5. The van der Waals surface area contributed by atoms with E-state index in [9.17, 15) is 9.18 Å². The van der Waals surface area contributed by atoms with Gasteiger partial charge < -0.3 is 14.6 Å². The van der Waals surface area contributed by atoms with E-state index in [4.69, 9.17) is 14.6 Å². The summed E-state index contributed by atoms with van der Waals surface area (Å²) < 4.78 is 41.2. The maximum atomic E-state index is 15.0. The molecule has 0 aromatic heterocycles. The fraction of sp³-hybridized carbons (Fsp3) is 0.424. The Labute approximate surface area is 231 Å². The van der Waals surface area contributed by atoms with Crippen LogP contribution in [0.25, 0.3) is 11.1 Å². The van der Waals surface area contributed by atoms with Crippen molar-refractivity contribution in [2.45, 2.75) is 78.7 Å². The summed E-state index contributed by atoms with van der Waals surface area (Å²) in [6.07, 6.45) is 4.34. The fourth-order valence-corrected chi connectivity index (χ4v) is 5.41. The topological polar surface area (TPSA) is 55.8 Å². The van der Waals surface area contributed by atoms with Crippen LogP contribution in [-0.4, -0.2) is 18.2 Å². The number of methoxy groups -OCH3 is 1. The molecule has 1 atom stereocenters. The van der Waals surface area contributed by atoms with Gasteiger partial charge in [0.15, 0.2) is 11.6 Å². The summed E-state index contributed by atoms with van der Waals surface area (Å²) in [5.41, 5.74) is 3.62. The Bertz CT molecular complexity index is 1270. The first-order valence-corrected chi connectivity index (χ1v) is 13.8. The SMILES string of the molecule is CC.COc1ccc(F)c(-c2ccc(COc3cccc(CCC(=O)O)c3F)cc2C2CCCCC2(C)C)c1. The molecule has 3 aromatic carbocycles. The zero-order valence-corrected chi connectivity index (χ0v) is 23.7. The second kappa shape index (κ2) is 13.6. The number of carbonyl (C=O) groups is 1. The summed E-state index contributed by atoms with van der Waals surface area (Å²) in [6.45, 7) is 8.67. The van der Waals surface area contributed by atoms with E-state index >= 15 is 4.39 Å². The van der Waals surface area contributed by atoms with Crippen LogP contribution in [0.5, 0.6) is 11.5 Å². The van der Waals surface area contributed by atoms with Gasteiger partial charge in [0, 0.05) is 12.0 Å². The lowest BCUT2D eigenvalue weighted by Crippen LogP contribution is -2.26. The Morgan fingerprint density at radius 1 is 1.03 bits per heavy atom. The highest BCUT2D eigenvalue weighted by atomic mass is 19.1. The molecule has 1 aliphatic carbocycles. The van der Waals surface area contributed by atoms with Crippen molar-refractivity contribution in [3.63, 3.8) is 0 Å². The summed E-state index contributed by atoms with van der Waals surface area (Å²) in [6, 6.07) is 15.5. The molecule has 0 amide bonds. The van der Waals surface area contributed by atoms with Gasteiger partial charge in [0.25, 0.3) is 0 Å². The normalized spacial score (nSPS) is 16.1. The monoisotopic (exact) mass is 538 g/mol. The van der Waals surface area contributed by atoms with Crippen LogP contribution in [0.2, 0.25) is 0 Å². The molecule has 6 heteroatoms. The van der Waals surface area contributed by atoms with E-state index < -0.39 is 11.8 Å². The molecular weight excluding hydrogens is 498 g/mol. The molecule has 0 spiro atoms. The van der Waals surface area contributed by atoms with Crippen molar-refractivity contribution in [3.8, 4) is 22.6 Å². The number of aliphatic carboxylic acids is 1. The van der Waals surface area contributed by atoms with E-state index in [-0.39, 0.29) is 42.3 Å². The van der Waals surface area contributed by atoms with Gasteiger partial charge in [-0.2, -0.15) is 0 Å². The molecule has 3 aromatic rings. The third-order valence-electron chi connectivity index (χ3n) is 7.51. The van der Waals surface area contributed by atoms with Gasteiger partial charge >= 0.3 is 5.97 Å². The highest BCUT2D eigenvalue weighted by molar-refractivity contribution is 5.71. The van der Waals surface area contributed by atoms with Gasteiger partial charge in [0.2, 0.25) is 0 Å². The molecule has 0 aliphatic heterocycles. The van der Waals surface area contributed by atoms with E-state index in [0.717, 1.165) is 36.0 Å². The van der Waals surface area contributed by atoms with E-state index in [2.05, 4.69) is 19.9 Å². The third kappa shape index (κ3) is 7.37. The van der Waals surface area contributed by atoms with Crippen LogP contribution in [0.1, 0.15) is 82.4 Å². The molecule has 1 aliphatic rings. The Hall–Kier alpha value is -3.41. The molecule has 210 valence electrons. The van der Waals surface area contributed by atoms with Crippen LogP contribution in [0.4, 0.5) is 8.78 Å². The molecule has 0 bridgehead atoms. The number of hydrogen-bond acceptors (Lipinski definition) is 3. The third-order valence-corrected chi connectivity index (χ3v) is 7.51. The zero-order valence-electron chi connectivity index (χ0n) is 23.7. The number of rotatable bonds is 9. The van der Waals surface area contributed by atoms with Crippen LogP contribution in [0.15, 0.2) is 54.6 Å². The molecule has 1 saturated carbocycles. The largest absolute Gasteiger partial charge is 0.497 e. The van der Waals surface area contributed by atoms with Gasteiger partial charge in [-0.15, -0.1) is 0 Å². The summed E-state index contributed by atoms with van der Waals surface area (Å²) >= 11 is 0. The number of carboxylic acid groups (broad SMARTS) is 1. The fourth-order valence-electron chi connectivity index (χ4n) is 5.41. The quantitative estimate of drug-likeness (QED) is 0.295. The number of ether oxygens (including phenoxy) is 2. The van der Waals surface area contributed by atoms with Crippen LogP contribution in [0, 0.1) is 17.0 Å². The molecule has 1 N–H and O–H groups in total. The van der Waals surface area contributed by atoms with Gasteiger partial charge in [-0.3, -0.25) is 4.79 Å². The summed E-state index contributed by atoms with van der Waals surface area (Å²) in [5.74, 6) is -0.900. The predicted molar refractivity (Wildman–Crippen MR) is 151 cm³/mol. The standard InChI is InChI=1S/C31H34F2O4.C2H6/c1-31(2)16-5-4-8-26(31)24-17-20(10-13-23(24)25-18-22(36-3)12-14-27(25)32)19-37-28-9-6-7-21(30(28)33)11-15-29(34)35;1-2/h6-7,9-10,12-14,17-18,26H,4-5,8,11,15-16,19H2,1-3H3,(H,34,35);1-2H3. The first-order valence-electron chi connectivity index (χ1n) is 13.8. The summed E-state index contributed by atoms with van der Waals surface area (Å²) in [4.78, 5) is 10.9. The van der Waals surface area contributed by atoms with Gasteiger partial charge in [-0.25, -0.2) is 8.78 Å². The van der Waals surface area contributed by atoms with Crippen LogP contribution >= 0.6 is 0 Å². The Balaban J connectivity index is 0.00000205. The molecule has 4 nitrogen and oxygen atoms in total. The van der Waals surface area contributed by atoms with Crippen LogP contribution in [0.3, 0.4) is 0 Å². The number of aryl methyl sites for hydroxylation is 1. The van der Waals surface area contributed by atoms with Crippen molar-refractivity contribution in [2.75, 3.05) is 7.11 Å². The molecule has 1 unspecified atom stereocenters. The van der Waals surface area contributed by atoms with E-state index in [1.807, 2.05) is 26.0 Å². The van der Waals surface area contributed by atoms with E-state index in [1.165, 1.54) is 12.5 Å². The summed E-state index contributed by atoms with van der Waals surface area (Å²) in [5, 5.41) is 8.92. The minimum absolute atomic E-state index is 0.0480. The maximum Gasteiger partial charge on any atom is 0.303 e. The van der Waals surface area contributed by atoms with E-state index in [0.29, 0.717) is 16.9 Å². The molecular formula is C33H40F2O4. The van der Waals surface area contributed by atoms with Gasteiger partial charge in [-0.1, -0.05) is 70.9 Å². The molecule has 0 heterocycles. The van der Waals surface area contributed by atoms with Crippen molar-refractivity contribution in [1.82, 2.24) is 0 Å². The molecule has 1 fully saturated rings. The van der Waals surface area contributed by atoms with Crippen molar-refractivity contribution >= 4 is 5.97 Å². The Morgan fingerprint density at radius 2 is 1.79 bits per heavy atom. The Morgan fingerprint density at radius 3 is 2.49 bits per heavy atom. The lowest BCUT2D eigenvalue weighted by Gasteiger charge is -2.40. The lowest BCUT2D eigenvalue weighted by molar-refractivity contribution is -0.136. The van der Waals surface area contributed by atoms with Gasteiger partial charge in [0.05, 0.1) is 7.11 Å². The maximum absolute atomic E-state index is 15.0. The van der Waals surface area contributed by atoms with Crippen molar-refractivity contribution in [1.29, 1.82) is 0 Å². The minimum atomic E-state index is -0.976. The summed E-state index contributed by atoms with van der Waals surface area (Å²) in [7, 11) is 1.57. The number of halogens is 2. The number of carboxylic acids is 1. The molecule has 0 radical (unpaired) electrons. The highest BCUT2D eigenvalue weighted by Crippen LogP contribution is 2.49. The number of benzene rings is 3. The van der Waals surface area contributed by atoms with Crippen LogP contribution < -0.4 is 9.47 Å². The first kappa shape index (κ1) is 30.1. The van der Waals surface area contributed by atoms with Gasteiger partial charge in [-0.05, 0) is 77.1 Å². The zero-order chi connectivity index (χ0) is 28.6.